The number of nitrogens with zero attached hydrogens (tertiary/aromatic N) is 16. The molecule has 0 fully saturated rings. The van der Waals surface area contributed by atoms with Crippen molar-refractivity contribution in [1.29, 1.82) is 0 Å². The van der Waals surface area contributed by atoms with E-state index in [0.717, 1.165) is 62.0 Å². The van der Waals surface area contributed by atoms with Crippen LogP contribution in [0.1, 0.15) is 13.8 Å². The molecule has 20 nitrogen and oxygen atoms in total. The number of aryl methyl sites for hydroxylation is 1. The number of hydrogen-bond acceptors (Lipinski definition) is 24. The van der Waals surface area contributed by atoms with Crippen molar-refractivity contribution in [3.05, 3.63) is 180 Å². The second-order valence-corrected chi connectivity index (χ2v) is 17.1. The predicted molar refractivity (Wildman–Crippen MR) is 279 cm³/mol. The Morgan fingerprint density at radius 1 is 0.608 bits per heavy atom. The van der Waals surface area contributed by atoms with Crippen LogP contribution < -0.4 is 4.74 Å². The Morgan fingerprint density at radius 3 is 1.58 bits per heavy atom. The average molecular weight is 2230 g/mol. The summed E-state index contributed by atoms with van der Waals surface area (Å²) >= 11 is 8.19. The van der Waals surface area contributed by atoms with Crippen molar-refractivity contribution < 1.29 is 140 Å². The Balaban J connectivity index is 0.000000892. The van der Waals surface area contributed by atoms with Crippen LogP contribution in [0.2, 0.25) is 0 Å². The number of methoxy groups -OCH3 is 1. The van der Waals surface area contributed by atoms with E-state index >= 15 is 0 Å². The van der Waals surface area contributed by atoms with Crippen LogP contribution >= 0.6 is 69.2 Å². The van der Waals surface area contributed by atoms with E-state index in [0.29, 0.717) is 5.82 Å². The normalized spacial score (nSPS) is 9.34. The number of pyridine rings is 2. The smallest absolute Gasteiger partial charge is 0.167 e. The first kappa shape index (κ1) is 74.6. The summed E-state index contributed by atoms with van der Waals surface area (Å²) in [6.45, 7) is 2.85. The first-order valence-electron chi connectivity index (χ1n) is 20.5. The Morgan fingerprint density at radius 2 is 1.16 bits per heavy atom. The van der Waals surface area contributed by atoms with Gasteiger partial charge in [0, 0.05) is 170 Å². The first-order chi connectivity index (χ1) is 35.7. The molecule has 12 aromatic rings. The largest absolute Gasteiger partial charge is 0.512 e. The van der Waals surface area contributed by atoms with Gasteiger partial charge in [0.1, 0.15) is 12.1 Å². The van der Waals surface area contributed by atoms with E-state index in [4.69, 9.17) is 14.3 Å². The van der Waals surface area contributed by atoms with Crippen LogP contribution in [0.3, 0.4) is 0 Å². The van der Waals surface area contributed by atoms with Crippen LogP contribution in [-0.4, -0.2) is 93.7 Å². The molecule has 0 aliphatic rings. The van der Waals surface area contributed by atoms with Crippen LogP contribution in [0.25, 0.3) is 62.1 Å². The van der Waals surface area contributed by atoms with Gasteiger partial charge in [0.25, 0.3) is 0 Å². The van der Waals surface area contributed by atoms with Gasteiger partial charge in [-0.15, -0.1) is 97.1 Å². The van der Waals surface area contributed by atoms with Gasteiger partial charge in [-0.25, -0.2) is 10.1 Å². The Hall–Kier alpha value is -4.37. The summed E-state index contributed by atoms with van der Waals surface area (Å²) in [6.07, 6.45) is 33.0. The monoisotopic (exact) mass is 2240 g/mol. The van der Waals surface area contributed by atoms with Gasteiger partial charge in [0.15, 0.2) is 12.2 Å². The molecule has 79 heavy (non-hydrogen) atoms. The zero-order valence-corrected chi connectivity index (χ0v) is 59.8. The molecular weight excluding hydrogens is 2200 g/mol. The van der Waals surface area contributed by atoms with Crippen LogP contribution in [0.5, 0.6) is 5.75 Å². The van der Waals surface area contributed by atoms with Crippen molar-refractivity contribution in [3.63, 3.8) is 0 Å². The quantitative estimate of drug-likeness (QED) is 0.0844. The standard InChI is InChI=1S/C9H7N2OS.C8H5N2S.C7H4N3S.C6H5N4S.C6H4N3S.C6H3N2OS.C5H8O2.6Ir/c1-12-8-2-3-10-9(4-8)7-5-11-13-6-7;1-2-4-9-8(3-1)7-5-10-11-6-7;1-2-8-5-9-7(1)6-3-10-11-4-6;1-10-4-7-6(9-10)5-2-8-11-3-5;1-2-7-9(3-1)6-4-8-10-5-6;1-5(3-10-8-1)6-2-9-4-7-6;1-4(6)3-5(2)7;;;;;;/h2-4,6H,1H3;1-4,6H;1-2,4-5H;3-4H,1H3;1-3,5H;2-4H;3,6H,1-2H3;;;;;;/q6*-1;;;;;;;. The van der Waals surface area contributed by atoms with E-state index in [-0.39, 0.29) is 132 Å². The molecule has 6 radical (unpaired) electrons. The molecule has 0 bridgehead atoms. The van der Waals surface area contributed by atoms with Gasteiger partial charge in [-0.2, -0.15) is 16.6 Å². The summed E-state index contributed by atoms with van der Waals surface area (Å²) in [4.78, 5) is 34.2. The molecule has 0 atom stereocenters. The number of aliphatic hydroxyl groups is 1. The summed E-state index contributed by atoms with van der Waals surface area (Å²) in [5.41, 5.74) is 8.87. The van der Waals surface area contributed by atoms with Gasteiger partial charge in [-0.1, -0.05) is 87.8 Å². The van der Waals surface area contributed by atoms with Gasteiger partial charge in [-0.3, -0.25) is 46.0 Å². The molecule has 32 heteroatoms. The maximum absolute atomic E-state index is 10.0. The fourth-order valence-electron chi connectivity index (χ4n) is 4.93. The minimum Gasteiger partial charge on any atom is -0.512 e. The third-order valence-corrected chi connectivity index (χ3v) is 11.3. The number of hydrogen-bond donors (Lipinski definition) is 1. The van der Waals surface area contributed by atoms with Crippen molar-refractivity contribution >= 4 is 75.0 Å². The third kappa shape index (κ3) is 27.8. The maximum atomic E-state index is 10.0. The predicted octanol–water partition coefficient (Wildman–Crippen LogP) is 9.91. The molecule has 424 valence electrons. The van der Waals surface area contributed by atoms with Gasteiger partial charge < -0.3 is 33.6 Å². The van der Waals surface area contributed by atoms with Crippen LogP contribution in [0, 0.1) is 37.2 Å². The van der Waals surface area contributed by atoms with Crippen molar-refractivity contribution in [2.75, 3.05) is 7.11 Å². The zero-order chi connectivity index (χ0) is 51.3. The summed E-state index contributed by atoms with van der Waals surface area (Å²) in [5, 5.41) is 27.8. The van der Waals surface area contributed by atoms with Crippen molar-refractivity contribution in [1.82, 2.24) is 75.7 Å². The zero-order valence-electron chi connectivity index (χ0n) is 40.6. The molecule has 0 aliphatic heterocycles. The van der Waals surface area contributed by atoms with E-state index in [1.165, 1.54) is 102 Å². The second-order valence-electron chi connectivity index (χ2n) is 13.4. The number of ether oxygens (including phenoxy) is 1. The van der Waals surface area contributed by atoms with E-state index in [1.807, 2.05) is 88.0 Å². The number of oxazole rings is 1. The second kappa shape index (κ2) is 43.4. The van der Waals surface area contributed by atoms with E-state index in [2.05, 4.69) is 104 Å². The number of aliphatic hydroxyl groups excluding tert-OH is 1. The van der Waals surface area contributed by atoms with E-state index in [1.54, 1.807) is 53.9 Å². The van der Waals surface area contributed by atoms with E-state index in [9.17, 15) is 4.79 Å². The number of allylic oxidation sites excluding steroid dienone is 2. The fourth-order valence-corrected chi connectivity index (χ4v) is 7.79. The molecule has 12 aromatic heterocycles. The SMILES string of the molecule is CC(=O)C=C(C)O.COc1ccnc(-c2[c-]nsc2)c1.Cn1cnc(-c2[c-]nsc2)n1.[Ir].[Ir].[Ir].[Ir].[Ir].[Ir].[c-]1nscc1-c1ccccn1.[c-]1nscc1-c1ccncn1.[c-]1nscc1-c1cocn1.[c-]1nscc1-n1cccn1. The maximum Gasteiger partial charge on any atom is 0.167 e. The molecule has 0 saturated carbocycles. The number of ketones is 1. The first-order valence-corrected chi connectivity index (χ1v) is 25.5. The summed E-state index contributed by atoms with van der Waals surface area (Å²) in [7, 11) is 3.46. The number of carbonyl (C=O) groups excluding carboxylic acids is 1. The van der Waals surface area contributed by atoms with Crippen molar-refractivity contribution in [3.8, 4) is 67.9 Å². The van der Waals surface area contributed by atoms with Gasteiger partial charge in [0.2, 0.25) is 0 Å². The molecule has 0 unspecified atom stereocenters. The van der Waals surface area contributed by atoms with Gasteiger partial charge in [0.05, 0.1) is 31.3 Å². The molecule has 0 aliphatic carbocycles. The minimum absolute atomic E-state index is 0. The van der Waals surface area contributed by atoms with Crippen molar-refractivity contribution in [2.24, 2.45) is 7.05 Å². The molecule has 12 heterocycles. The number of aromatic nitrogens is 16. The Bertz CT molecular complexity index is 3100. The molecular formula is C47H36Ir6N16O4S6-6. The third-order valence-electron chi connectivity index (χ3n) is 8.08. The molecule has 0 spiro atoms. The molecule has 0 amide bonds. The van der Waals surface area contributed by atoms with E-state index < -0.39 is 0 Å². The van der Waals surface area contributed by atoms with Crippen LogP contribution in [0.4, 0.5) is 0 Å². The topological polar surface area (TPSA) is 250 Å². The van der Waals surface area contributed by atoms with Crippen molar-refractivity contribution in [2.45, 2.75) is 13.8 Å². The van der Waals surface area contributed by atoms with Crippen LogP contribution in [-0.2, 0) is 132 Å². The van der Waals surface area contributed by atoms with Crippen LogP contribution in [0.15, 0.2) is 147 Å². The molecule has 0 saturated heterocycles. The molecule has 1 N–H and O–H groups in total. The van der Waals surface area contributed by atoms with Gasteiger partial charge in [-0.05, 0) is 49.1 Å². The molecule has 12 rings (SSSR count). The number of carbonyl (C=O) groups is 1. The summed E-state index contributed by atoms with van der Waals surface area (Å²) < 4.78 is 36.3. The summed E-state index contributed by atoms with van der Waals surface area (Å²) in [6, 6.07) is 13.2. The minimum atomic E-state index is -0.125. The number of rotatable bonds is 8. The molecule has 0 aromatic carbocycles. The van der Waals surface area contributed by atoms with Gasteiger partial charge >= 0.3 is 0 Å². The Labute approximate surface area is 559 Å². The Kier molecular flexibility index (Phi) is 41.0. The summed E-state index contributed by atoms with van der Waals surface area (Å²) in [5.74, 6) is 1.42. The average Bonchev–Trinajstić information content (AvgIpc) is 4.26. The fraction of sp³-hybridized carbons (Fsp3) is 0.0851.